The zero-order valence-corrected chi connectivity index (χ0v) is 22.0. The van der Waals surface area contributed by atoms with Crippen LogP contribution in [0.15, 0.2) is 70.9 Å². The predicted molar refractivity (Wildman–Crippen MR) is 141 cm³/mol. The summed E-state index contributed by atoms with van der Waals surface area (Å²) in [5, 5.41) is 0. The maximum atomic E-state index is 12.4. The van der Waals surface area contributed by atoms with Crippen molar-refractivity contribution in [3.05, 3.63) is 82.0 Å². The Kier molecular flexibility index (Phi) is 8.41. The van der Waals surface area contributed by atoms with E-state index < -0.39 is 0 Å². The summed E-state index contributed by atoms with van der Waals surface area (Å²) in [5.41, 5.74) is 7.35. The van der Waals surface area contributed by atoms with Crippen LogP contribution in [-0.4, -0.2) is 12.1 Å². The number of allylic oxidation sites excluding steroid dienone is 9. The van der Waals surface area contributed by atoms with Gasteiger partial charge in [0.05, 0.1) is 6.10 Å². The Labute approximate surface area is 205 Å². The van der Waals surface area contributed by atoms with Crippen LogP contribution in [0.4, 0.5) is 0 Å². The first kappa shape index (κ1) is 25.8. The van der Waals surface area contributed by atoms with Gasteiger partial charge < -0.3 is 9.47 Å². The van der Waals surface area contributed by atoms with Crippen LogP contribution in [-0.2, 0) is 11.2 Å². The summed E-state index contributed by atoms with van der Waals surface area (Å²) in [5.74, 6) is 1.14. The highest BCUT2D eigenvalue weighted by molar-refractivity contribution is 5.85. The smallest absolute Gasteiger partial charge is 0.336 e. The van der Waals surface area contributed by atoms with Gasteiger partial charge >= 0.3 is 5.97 Å². The fourth-order valence-corrected chi connectivity index (χ4v) is 4.86. The molecule has 0 radical (unpaired) electrons. The second-order valence-corrected chi connectivity index (χ2v) is 10.5. The predicted octanol–water partition coefficient (Wildman–Crippen LogP) is 8.15. The number of hydrogen-bond donors (Lipinski definition) is 0. The molecule has 0 spiro atoms. The molecule has 0 N–H and O–H groups in total. The van der Waals surface area contributed by atoms with E-state index in [-0.39, 0.29) is 17.5 Å². The molecule has 0 aromatic heterocycles. The summed E-state index contributed by atoms with van der Waals surface area (Å²) < 4.78 is 11.5. The monoisotopic (exact) mass is 460 g/mol. The Balaban J connectivity index is 1.60. The number of benzene rings is 1. The summed E-state index contributed by atoms with van der Waals surface area (Å²) in [6, 6.07) is 3.80. The molecule has 34 heavy (non-hydrogen) atoms. The Bertz CT molecular complexity index is 1080. The van der Waals surface area contributed by atoms with Crippen molar-refractivity contribution < 1.29 is 14.3 Å². The zero-order valence-electron chi connectivity index (χ0n) is 22.0. The Morgan fingerprint density at radius 2 is 1.88 bits per heavy atom. The second-order valence-electron chi connectivity index (χ2n) is 10.5. The second kappa shape index (κ2) is 11.1. The van der Waals surface area contributed by atoms with Gasteiger partial charge in [-0.25, -0.2) is 4.79 Å². The molecule has 1 aliphatic carbocycles. The van der Waals surface area contributed by atoms with Gasteiger partial charge in [-0.05, 0) is 107 Å². The summed E-state index contributed by atoms with van der Waals surface area (Å²) in [6.45, 7) is 15.0. The van der Waals surface area contributed by atoms with Crippen molar-refractivity contribution in [3.63, 3.8) is 0 Å². The highest BCUT2D eigenvalue weighted by Gasteiger charge is 2.26. The van der Waals surface area contributed by atoms with Gasteiger partial charge in [0, 0.05) is 6.08 Å². The number of ether oxygens (including phenoxy) is 2. The Hall–Kier alpha value is -2.81. The Morgan fingerprint density at radius 3 is 2.62 bits per heavy atom. The first-order valence-electron chi connectivity index (χ1n) is 12.5. The van der Waals surface area contributed by atoms with Gasteiger partial charge in [-0.1, -0.05) is 55.4 Å². The van der Waals surface area contributed by atoms with Gasteiger partial charge in [-0.3, -0.25) is 0 Å². The Morgan fingerprint density at radius 1 is 1.12 bits per heavy atom. The lowest BCUT2D eigenvalue weighted by molar-refractivity contribution is -0.129. The van der Waals surface area contributed by atoms with E-state index in [9.17, 15) is 4.79 Å². The number of aryl methyl sites for hydroxylation is 2. The average molecular weight is 461 g/mol. The van der Waals surface area contributed by atoms with Crippen LogP contribution in [0.3, 0.4) is 0 Å². The number of carbonyl (C=O) groups excluding carboxylic acids is 1. The minimum atomic E-state index is -0.367. The van der Waals surface area contributed by atoms with Crippen molar-refractivity contribution in [2.75, 3.05) is 0 Å². The fourth-order valence-electron chi connectivity index (χ4n) is 4.86. The molecule has 0 amide bonds. The van der Waals surface area contributed by atoms with Crippen molar-refractivity contribution in [1.29, 1.82) is 0 Å². The third kappa shape index (κ3) is 6.85. The summed E-state index contributed by atoms with van der Waals surface area (Å²) >= 11 is 0. The third-order valence-corrected chi connectivity index (χ3v) is 6.80. The minimum absolute atomic E-state index is 0.227. The standard InChI is InChI=1S/C31H40O3/c1-21(13-16-28-23(3)12-9-17-31(28,6)7)10-8-11-22(2)18-29(32)34-27-19-24(4)30-26(20-27)15-14-25(5)33-30/h8,10-11,13,16,18-20,25H,9,12,14-15,17H2,1-7H3/b11-8+,16-13+,21-10+,22-18+. The van der Waals surface area contributed by atoms with E-state index in [1.165, 1.54) is 42.1 Å². The number of fused-ring (bicyclic) bond motifs is 1. The first-order valence-corrected chi connectivity index (χ1v) is 12.5. The van der Waals surface area contributed by atoms with E-state index >= 15 is 0 Å². The molecule has 3 nitrogen and oxygen atoms in total. The van der Waals surface area contributed by atoms with Gasteiger partial charge in [0.25, 0.3) is 0 Å². The van der Waals surface area contributed by atoms with Gasteiger partial charge in [0.2, 0.25) is 0 Å². The third-order valence-electron chi connectivity index (χ3n) is 6.80. The molecular weight excluding hydrogens is 420 g/mol. The molecule has 0 saturated carbocycles. The van der Waals surface area contributed by atoms with Gasteiger partial charge in [0.15, 0.2) is 0 Å². The number of carbonyl (C=O) groups is 1. The van der Waals surface area contributed by atoms with E-state index in [0.29, 0.717) is 5.75 Å². The number of rotatable bonds is 6. The summed E-state index contributed by atoms with van der Waals surface area (Å²) in [6.07, 6.45) is 17.8. The van der Waals surface area contributed by atoms with Gasteiger partial charge in [0.1, 0.15) is 11.5 Å². The van der Waals surface area contributed by atoms with E-state index in [1.54, 1.807) is 0 Å². The number of hydrogen-bond acceptors (Lipinski definition) is 3. The van der Waals surface area contributed by atoms with Gasteiger partial charge in [-0.15, -0.1) is 0 Å². The van der Waals surface area contributed by atoms with E-state index in [4.69, 9.17) is 9.47 Å². The summed E-state index contributed by atoms with van der Waals surface area (Å²) in [4.78, 5) is 12.4. The average Bonchev–Trinajstić information content (AvgIpc) is 2.73. The normalized spacial score (nSPS) is 21.1. The van der Waals surface area contributed by atoms with Crippen LogP contribution in [0.1, 0.15) is 78.4 Å². The van der Waals surface area contributed by atoms with Crippen LogP contribution in [0.2, 0.25) is 0 Å². The SMILES string of the molecule is CC1=C(/C=C/C(C)=C/C=C/C(C)=C/C(=O)Oc2cc(C)c3c(c2)CCC(C)O3)C(C)(C)CCC1. The molecule has 0 saturated heterocycles. The lowest BCUT2D eigenvalue weighted by atomic mass is 9.72. The van der Waals surface area contributed by atoms with Crippen LogP contribution < -0.4 is 9.47 Å². The molecule has 182 valence electrons. The molecule has 1 aromatic rings. The maximum Gasteiger partial charge on any atom is 0.336 e. The van der Waals surface area contributed by atoms with Crippen molar-refractivity contribution in [2.24, 2.45) is 5.41 Å². The van der Waals surface area contributed by atoms with Gasteiger partial charge in [-0.2, -0.15) is 0 Å². The van der Waals surface area contributed by atoms with Crippen molar-refractivity contribution in [3.8, 4) is 11.5 Å². The van der Waals surface area contributed by atoms with E-state index in [2.05, 4.69) is 52.8 Å². The minimum Gasteiger partial charge on any atom is -0.490 e. The topological polar surface area (TPSA) is 35.5 Å². The quantitative estimate of drug-likeness (QED) is 0.186. The van der Waals surface area contributed by atoms with Crippen LogP contribution in [0.25, 0.3) is 0 Å². The van der Waals surface area contributed by atoms with Crippen LogP contribution >= 0.6 is 0 Å². The molecule has 2 aliphatic rings. The molecule has 1 heterocycles. The molecule has 3 heteroatoms. The lowest BCUT2D eigenvalue weighted by Crippen LogP contribution is -2.19. The largest absolute Gasteiger partial charge is 0.490 e. The molecule has 3 rings (SSSR count). The molecule has 1 aliphatic heterocycles. The molecular formula is C31H40O3. The molecule has 1 atom stereocenters. The van der Waals surface area contributed by atoms with E-state index in [0.717, 1.165) is 35.3 Å². The maximum absolute atomic E-state index is 12.4. The van der Waals surface area contributed by atoms with Crippen LogP contribution in [0, 0.1) is 12.3 Å². The summed E-state index contributed by atoms with van der Waals surface area (Å²) in [7, 11) is 0. The van der Waals surface area contributed by atoms with Crippen molar-refractivity contribution in [1.82, 2.24) is 0 Å². The number of esters is 1. The van der Waals surface area contributed by atoms with Crippen molar-refractivity contribution >= 4 is 5.97 Å². The molecule has 1 aromatic carbocycles. The zero-order chi connectivity index (χ0) is 24.9. The molecule has 0 bridgehead atoms. The van der Waals surface area contributed by atoms with Crippen LogP contribution in [0.5, 0.6) is 11.5 Å². The fraction of sp³-hybridized carbons (Fsp3) is 0.452. The van der Waals surface area contributed by atoms with Crippen molar-refractivity contribution in [2.45, 2.75) is 86.7 Å². The highest BCUT2D eigenvalue weighted by Crippen LogP contribution is 2.40. The lowest BCUT2D eigenvalue weighted by Gasteiger charge is -2.32. The van der Waals surface area contributed by atoms with E-state index in [1.807, 2.05) is 38.1 Å². The molecule has 0 fully saturated rings. The molecule has 1 unspecified atom stereocenters. The first-order chi connectivity index (χ1) is 16.0. The highest BCUT2D eigenvalue weighted by atomic mass is 16.5.